The Balaban J connectivity index is 2.56. The van der Waals surface area contributed by atoms with Crippen molar-refractivity contribution in [3.05, 3.63) is 29.3 Å². The highest BCUT2D eigenvalue weighted by molar-refractivity contribution is 5.92. The fourth-order valence-corrected chi connectivity index (χ4v) is 1.64. The van der Waals surface area contributed by atoms with Gasteiger partial charge < -0.3 is 10.6 Å². The normalized spacial score (nSPS) is 10.2. The van der Waals surface area contributed by atoms with Crippen molar-refractivity contribution < 1.29 is 4.79 Å². The lowest BCUT2D eigenvalue weighted by Crippen LogP contribution is -2.16. The smallest absolute Gasteiger partial charge is 0.224 e. The zero-order chi connectivity index (χ0) is 12.0. The molecule has 0 spiro atoms. The zero-order valence-electron chi connectivity index (χ0n) is 10.3. The number of hydrogen-bond acceptors (Lipinski definition) is 2. The monoisotopic (exact) mass is 220 g/mol. The molecule has 1 amide bonds. The average molecular weight is 220 g/mol. The molecule has 0 heterocycles. The van der Waals surface area contributed by atoms with Crippen molar-refractivity contribution in [1.82, 2.24) is 5.32 Å². The molecule has 1 aromatic rings. The van der Waals surface area contributed by atoms with Gasteiger partial charge in [-0.2, -0.15) is 0 Å². The van der Waals surface area contributed by atoms with Crippen LogP contribution < -0.4 is 10.6 Å². The first-order chi connectivity index (χ1) is 7.65. The Hall–Kier alpha value is -1.35. The summed E-state index contributed by atoms with van der Waals surface area (Å²) in [6, 6.07) is 6.02. The largest absolute Gasteiger partial charge is 0.326 e. The average Bonchev–Trinajstić information content (AvgIpc) is 2.24. The maximum absolute atomic E-state index is 11.7. The van der Waals surface area contributed by atoms with Gasteiger partial charge in [0.2, 0.25) is 5.91 Å². The van der Waals surface area contributed by atoms with Gasteiger partial charge in [-0.1, -0.05) is 18.2 Å². The van der Waals surface area contributed by atoms with Gasteiger partial charge in [0.05, 0.1) is 0 Å². The van der Waals surface area contributed by atoms with Gasteiger partial charge in [0.15, 0.2) is 0 Å². The van der Waals surface area contributed by atoms with Gasteiger partial charge in [0, 0.05) is 12.1 Å². The Bertz CT molecular complexity index is 341. The Morgan fingerprint density at radius 1 is 1.25 bits per heavy atom. The van der Waals surface area contributed by atoms with E-state index >= 15 is 0 Å². The lowest BCUT2D eigenvalue weighted by Gasteiger charge is -2.11. The minimum atomic E-state index is 0.0904. The molecular formula is C13H20N2O. The van der Waals surface area contributed by atoms with E-state index in [2.05, 4.69) is 10.6 Å². The van der Waals surface area contributed by atoms with Crippen LogP contribution >= 0.6 is 0 Å². The molecule has 3 heteroatoms. The third-order valence-corrected chi connectivity index (χ3v) is 2.58. The minimum absolute atomic E-state index is 0.0904. The fourth-order valence-electron chi connectivity index (χ4n) is 1.64. The van der Waals surface area contributed by atoms with Crippen LogP contribution in [-0.4, -0.2) is 19.5 Å². The van der Waals surface area contributed by atoms with Crippen molar-refractivity contribution in [2.75, 3.05) is 18.9 Å². The summed E-state index contributed by atoms with van der Waals surface area (Å²) in [4.78, 5) is 11.7. The van der Waals surface area contributed by atoms with Crippen molar-refractivity contribution in [3.63, 3.8) is 0 Å². The van der Waals surface area contributed by atoms with Crippen LogP contribution in [0.3, 0.4) is 0 Å². The fraction of sp³-hybridized carbons (Fsp3) is 0.462. The van der Waals surface area contributed by atoms with Crippen LogP contribution in [0.1, 0.15) is 24.0 Å². The summed E-state index contributed by atoms with van der Waals surface area (Å²) in [5, 5.41) is 6.00. The topological polar surface area (TPSA) is 41.1 Å². The molecule has 1 rings (SSSR count). The van der Waals surface area contributed by atoms with Crippen molar-refractivity contribution in [3.8, 4) is 0 Å². The molecular weight excluding hydrogens is 200 g/mol. The molecule has 0 aliphatic heterocycles. The Labute approximate surface area is 97.2 Å². The summed E-state index contributed by atoms with van der Waals surface area (Å²) in [6.45, 7) is 4.90. The lowest BCUT2D eigenvalue weighted by atomic mass is 10.1. The van der Waals surface area contributed by atoms with Gasteiger partial charge in [-0.3, -0.25) is 4.79 Å². The van der Waals surface area contributed by atoms with E-state index in [0.29, 0.717) is 6.42 Å². The Morgan fingerprint density at radius 3 is 2.44 bits per heavy atom. The summed E-state index contributed by atoms with van der Waals surface area (Å²) in [6.07, 6.45) is 1.43. The van der Waals surface area contributed by atoms with Crippen LogP contribution in [0.2, 0.25) is 0 Å². The second-order valence-corrected chi connectivity index (χ2v) is 4.02. The maximum Gasteiger partial charge on any atom is 0.224 e. The number of carbonyl (C=O) groups excluding carboxylic acids is 1. The standard InChI is InChI=1S/C13H20N2O/c1-10-6-4-7-11(2)13(10)15-12(16)8-5-9-14-3/h4,6-7,14H,5,8-9H2,1-3H3,(H,15,16). The van der Waals surface area contributed by atoms with Gasteiger partial charge in [-0.25, -0.2) is 0 Å². The van der Waals surface area contributed by atoms with Crippen LogP contribution in [0, 0.1) is 13.8 Å². The maximum atomic E-state index is 11.7. The molecule has 0 atom stereocenters. The summed E-state index contributed by atoms with van der Waals surface area (Å²) in [7, 11) is 1.89. The van der Waals surface area contributed by atoms with Crippen molar-refractivity contribution in [2.45, 2.75) is 26.7 Å². The van der Waals surface area contributed by atoms with E-state index in [1.807, 2.05) is 39.1 Å². The van der Waals surface area contributed by atoms with Crippen molar-refractivity contribution in [1.29, 1.82) is 0 Å². The van der Waals surface area contributed by atoms with Gasteiger partial charge in [0.1, 0.15) is 0 Å². The predicted molar refractivity (Wildman–Crippen MR) is 67.7 cm³/mol. The molecule has 0 saturated carbocycles. The molecule has 0 saturated heterocycles. The highest BCUT2D eigenvalue weighted by Crippen LogP contribution is 2.19. The van der Waals surface area contributed by atoms with E-state index in [1.165, 1.54) is 0 Å². The number of hydrogen-bond donors (Lipinski definition) is 2. The number of rotatable bonds is 5. The number of para-hydroxylation sites is 1. The number of carbonyl (C=O) groups is 1. The van der Waals surface area contributed by atoms with E-state index in [0.717, 1.165) is 29.8 Å². The number of aryl methyl sites for hydroxylation is 2. The first-order valence-electron chi connectivity index (χ1n) is 5.66. The van der Waals surface area contributed by atoms with Gasteiger partial charge in [0.25, 0.3) is 0 Å². The summed E-state index contributed by atoms with van der Waals surface area (Å²) in [5.74, 6) is 0.0904. The van der Waals surface area contributed by atoms with E-state index < -0.39 is 0 Å². The summed E-state index contributed by atoms with van der Waals surface area (Å²) in [5.41, 5.74) is 3.18. The first kappa shape index (κ1) is 12.7. The Kier molecular flexibility index (Phi) is 4.99. The molecule has 16 heavy (non-hydrogen) atoms. The summed E-state index contributed by atoms with van der Waals surface area (Å²) >= 11 is 0. The number of amides is 1. The van der Waals surface area contributed by atoms with E-state index in [9.17, 15) is 4.79 Å². The van der Waals surface area contributed by atoms with E-state index in [-0.39, 0.29) is 5.91 Å². The Morgan fingerprint density at radius 2 is 1.88 bits per heavy atom. The SMILES string of the molecule is CNCCCC(=O)Nc1c(C)cccc1C. The highest BCUT2D eigenvalue weighted by atomic mass is 16.1. The molecule has 0 aliphatic rings. The quantitative estimate of drug-likeness (QED) is 0.747. The summed E-state index contributed by atoms with van der Waals surface area (Å²) < 4.78 is 0. The second kappa shape index (κ2) is 6.28. The van der Waals surface area contributed by atoms with Crippen LogP contribution in [0.4, 0.5) is 5.69 Å². The predicted octanol–water partition coefficient (Wildman–Crippen LogP) is 2.24. The minimum Gasteiger partial charge on any atom is -0.326 e. The third kappa shape index (κ3) is 3.66. The molecule has 0 radical (unpaired) electrons. The third-order valence-electron chi connectivity index (χ3n) is 2.58. The molecule has 0 aromatic heterocycles. The van der Waals surface area contributed by atoms with Crippen LogP contribution in [0.25, 0.3) is 0 Å². The highest BCUT2D eigenvalue weighted by Gasteiger charge is 2.06. The molecule has 3 nitrogen and oxygen atoms in total. The molecule has 88 valence electrons. The zero-order valence-corrected chi connectivity index (χ0v) is 10.3. The second-order valence-electron chi connectivity index (χ2n) is 4.02. The van der Waals surface area contributed by atoms with Gasteiger partial charge in [-0.15, -0.1) is 0 Å². The van der Waals surface area contributed by atoms with Gasteiger partial charge >= 0.3 is 0 Å². The number of benzene rings is 1. The molecule has 2 N–H and O–H groups in total. The first-order valence-corrected chi connectivity index (χ1v) is 5.66. The number of anilines is 1. The molecule has 0 bridgehead atoms. The van der Waals surface area contributed by atoms with Crippen LogP contribution in [-0.2, 0) is 4.79 Å². The molecule has 1 aromatic carbocycles. The van der Waals surface area contributed by atoms with Crippen molar-refractivity contribution >= 4 is 11.6 Å². The van der Waals surface area contributed by atoms with E-state index in [1.54, 1.807) is 0 Å². The molecule has 0 fully saturated rings. The van der Waals surface area contributed by atoms with Crippen molar-refractivity contribution in [2.24, 2.45) is 0 Å². The molecule has 0 unspecified atom stereocenters. The lowest BCUT2D eigenvalue weighted by molar-refractivity contribution is -0.116. The van der Waals surface area contributed by atoms with E-state index in [4.69, 9.17) is 0 Å². The number of nitrogens with one attached hydrogen (secondary N) is 2. The van der Waals surface area contributed by atoms with Gasteiger partial charge in [-0.05, 0) is 45.0 Å². The van der Waals surface area contributed by atoms with Crippen LogP contribution in [0.5, 0.6) is 0 Å². The molecule has 0 aliphatic carbocycles. The van der Waals surface area contributed by atoms with Crippen LogP contribution in [0.15, 0.2) is 18.2 Å².